The smallest absolute Gasteiger partial charge is 0.309 e. The van der Waals surface area contributed by atoms with Crippen molar-refractivity contribution in [3.8, 4) is 0 Å². The first-order chi connectivity index (χ1) is 26.7. The molecule has 4 heterocycles. The number of ether oxygens (including phenoxy) is 4. The number of esters is 2. The second-order valence-electron chi connectivity index (χ2n) is 20.0. The van der Waals surface area contributed by atoms with E-state index in [0.29, 0.717) is 36.8 Å². The lowest BCUT2D eigenvalue weighted by molar-refractivity contribution is -0.156. The van der Waals surface area contributed by atoms with Crippen molar-refractivity contribution in [1.29, 1.82) is 0 Å². The first-order valence-corrected chi connectivity index (χ1v) is 21.7. The molecule has 0 radical (unpaired) electrons. The van der Waals surface area contributed by atoms with Crippen LogP contribution in [-0.4, -0.2) is 104 Å². The SMILES string of the molecule is C/C(=C\C=C(/C)[C@H]1C[C@@H]2O[C@]2(C)CCC[C@H](C)[C@H](O)[C@H](C)C(=O)C(C)(C)[C@H](O)CC(=O)O1)[C@@H]1C[C@@H]2O[C@]2(C)CCC[C@H](C)[C@H](O)[C@H](C)C(=O)C(C)(C)[C@H](O)CC(=O)O1. The third kappa shape index (κ3) is 11.3. The zero-order chi connectivity index (χ0) is 43.7. The Kier molecular flexibility index (Phi) is 15.5. The van der Waals surface area contributed by atoms with Crippen molar-refractivity contribution < 1.29 is 58.6 Å². The van der Waals surface area contributed by atoms with Crippen molar-refractivity contribution >= 4 is 23.5 Å². The second kappa shape index (κ2) is 18.6. The molecule has 4 rings (SSSR count). The first-order valence-electron chi connectivity index (χ1n) is 21.7. The third-order valence-electron chi connectivity index (χ3n) is 14.4. The van der Waals surface area contributed by atoms with Gasteiger partial charge in [-0.1, -0.05) is 80.4 Å². The van der Waals surface area contributed by atoms with Gasteiger partial charge in [-0.2, -0.15) is 0 Å². The van der Waals surface area contributed by atoms with Gasteiger partial charge < -0.3 is 39.4 Å². The Morgan fingerprint density at radius 3 is 1.24 bits per heavy atom. The minimum absolute atomic E-state index is 0.148. The maximum absolute atomic E-state index is 13.5. The predicted molar refractivity (Wildman–Crippen MR) is 218 cm³/mol. The Bertz CT molecular complexity index is 1450. The lowest BCUT2D eigenvalue weighted by Crippen LogP contribution is -2.45. The number of fused-ring (bicyclic) bond motifs is 2. The molecule has 4 fully saturated rings. The normalized spacial score (nSPS) is 43.0. The first kappa shape index (κ1) is 48.2. The van der Waals surface area contributed by atoms with Gasteiger partial charge in [-0.25, -0.2) is 0 Å². The number of carbonyl (C=O) groups is 4. The number of aliphatic hydroxyl groups excluding tert-OH is 4. The fourth-order valence-electron chi connectivity index (χ4n) is 9.07. The molecule has 330 valence electrons. The molecule has 0 aromatic carbocycles. The molecule has 4 saturated heterocycles. The van der Waals surface area contributed by atoms with Gasteiger partial charge in [0.25, 0.3) is 0 Å². The van der Waals surface area contributed by atoms with Crippen molar-refractivity contribution in [2.24, 2.45) is 34.5 Å². The van der Waals surface area contributed by atoms with Crippen LogP contribution in [0.25, 0.3) is 0 Å². The van der Waals surface area contributed by atoms with Crippen LogP contribution < -0.4 is 0 Å². The number of aliphatic hydroxyl groups is 4. The molecule has 0 aliphatic carbocycles. The molecule has 0 aromatic rings. The van der Waals surface area contributed by atoms with Gasteiger partial charge in [0.15, 0.2) is 0 Å². The van der Waals surface area contributed by atoms with Crippen LogP contribution in [0, 0.1) is 34.5 Å². The summed E-state index contributed by atoms with van der Waals surface area (Å²) >= 11 is 0. The molecule has 0 spiro atoms. The fraction of sp³-hybridized carbons (Fsp3) is 0.826. The molecule has 0 aromatic heterocycles. The summed E-state index contributed by atoms with van der Waals surface area (Å²) in [5, 5.41) is 44.4. The number of rotatable bonds is 3. The highest BCUT2D eigenvalue weighted by molar-refractivity contribution is 5.88. The maximum atomic E-state index is 13.5. The van der Waals surface area contributed by atoms with Crippen molar-refractivity contribution in [1.82, 2.24) is 0 Å². The summed E-state index contributed by atoms with van der Waals surface area (Å²) in [5.74, 6) is -3.73. The molecule has 12 heteroatoms. The predicted octanol–water partition coefficient (Wildman–Crippen LogP) is 6.12. The molecule has 4 aliphatic rings. The van der Waals surface area contributed by atoms with Crippen molar-refractivity contribution in [3.63, 3.8) is 0 Å². The summed E-state index contributed by atoms with van der Waals surface area (Å²) < 4.78 is 24.4. The molecule has 0 saturated carbocycles. The average Bonchev–Trinajstić information content (AvgIpc) is 4.01. The maximum Gasteiger partial charge on any atom is 0.309 e. The highest BCUT2D eigenvalue weighted by Crippen LogP contribution is 2.46. The van der Waals surface area contributed by atoms with Crippen LogP contribution in [0.1, 0.15) is 147 Å². The minimum Gasteiger partial charge on any atom is -0.458 e. The second-order valence-corrected chi connectivity index (χ2v) is 20.0. The Morgan fingerprint density at radius 1 is 0.586 bits per heavy atom. The lowest BCUT2D eigenvalue weighted by Gasteiger charge is -2.34. The summed E-state index contributed by atoms with van der Waals surface area (Å²) in [4.78, 5) is 54.0. The van der Waals surface area contributed by atoms with E-state index in [2.05, 4.69) is 0 Å². The van der Waals surface area contributed by atoms with E-state index >= 15 is 0 Å². The van der Waals surface area contributed by atoms with Gasteiger partial charge in [0, 0.05) is 24.7 Å². The van der Waals surface area contributed by atoms with E-state index in [4.69, 9.17) is 18.9 Å². The molecular weight excluding hydrogens is 744 g/mol. The lowest BCUT2D eigenvalue weighted by atomic mass is 9.73. The Morgan fingerprint density at radius 2 is 0.914 bits per heavy atom. The van der Waals surface area contributed by atoms with Crippen LogP contribution in [-0.2, 0) is 38.1 Å². The van der Waals surface area contributed by atoms with E-state index in [1.807, 2.05) is 53.7 Å². The van der Waals surface area contributed by atoms with Crippen LogP contribution >= 0.6 is 0 Å². The van der Waals surface area contributed by atoms with Gasteiger partial charge >= 0.3 is 11.9 Å². The molecule has 0 unspecified atom stereocenters. The van der Waals surface area contributed by atoms with Gasteiger partial charge in [-0.15, -0.1) is 0 Å². The summed E-state index contributed by atoms with van der Waals surface area (Å²) in [5.41, 5.74) is -2.08. The van der Waals surface area contributed by atoms with Crippen LogP contribution in [0.15, 0.2) is 23.3 Å². The topological polar surface area (TPSA) is 193 Å². The summed E-state index contributed by atoms with van der Waals surface area (Å²) in [7, 11) is 0. The third-order valence-corrected chi connectivity index (χ3v) is 14.4. The van der Waals surface area contributed by atoms with E-state index in [1.54, 1.807) is 41.5 Å². The van der Waals surface area contributed by atoms with E-state index in [1.165, 1.54) is 0 Å². The van der Waals surface area contributed by atoms with Crippen molar-refractivity contribution in [3.05, 3.63) is 23.3 Å². The molecule has 4 N–H and O–H groups in total. The zero-order valence-electron chi connectivity index (χ0n) is 37.2. The van der Waals surface area contributed by atoms with Crippen molar-refractivity contribution in [2.75, 3.05) is 0 Å². The van der Waals surface area contributed by atoms with Gasteiger partial charge in [-0.3, -0.25) is 19.2 Å². The molecule has 4 aliphatic heterocycles. The number of carbonyl (C=O) groups excluding carboxylic acids is 4. The van der Waals surface area contributed by atoms with Crippen LogP contribution in [0.4, 0.5) is 0 Å². The Balaban J connectivity index is 1.58. The van der Waals surface area contributed by atoms with Gasteiger partial charge in [-0.05, 0) is 76.4 Å². The zero-order valence-corrected chi connectivity index (χ0v) is 37.2. The van der Waals surface area contributed by atoms with Crippen LogP contribution in [0.5, 0.6) is 0 Å². The van der Waals surface area contributed by atoms with E-state index < -0.39 is 95.3 Å². The summed E-state index contributed by atoms with van der Waals surface area (Å²) in [6.07, 6.45) is 1.72. The number of Topliss-reactive ketones (excluding diaryl/α,β-unsaturated/α-hetero) is 2. The Hall–Kier alpha value is -2.48. The quantitative estimate of drug-likeness (QED) is 0.145. The molecule has 0 amide bonds. The fourth-order valence-corrected chi connectivity index (χ4v) is 9.07. The number of epoxide rings is 2. The van der Waals surface area contributed by atoms with Gasteiger partial charge in [0.2, 0.25) is 0 Å². The van der Waals surface area contributed by atoms with Crippen molar-refractivity contribution in [2.45, 2.75) is 207 Å². The Labute approximate surface area is 346 Å². The minimum atomic E-state index is -1.34. The number of hydrogen-bond donors (Lipinski definition) is 4. The van der Waals surface area contributed by atoms with E-state index in [-0.39, 0.29) is 35.6 Å². The molecular formula is C46H74O12. The molecule has 12 nitrogen and oxygen atoms in total. The van der Waals surface area contributed by atoms with Gasteiger partial charge in [0.1, 0.15) is 23.8 Å². The summed E-state index contributed by atoms with van der Waals surface area (Å²) in [6, 6.07) is 0. The van der Waals surface area contributed by atoms with Gasteiger partial charge in [0.05, 0.1) is 71.5 Å². The monoisotopic (exact) mass is 819 g/mol. The molecule has 58 heavy (non-hydrogen) atoms. The average molecular weight is 819 g/mol. The number of ketones is 2. The summed E-state index contributed by atoms with van der Waals surface area (Å²) in [6.45, 7) is 21.3. The largest absolute Gasteiger partial charge is 0.458 e. The van der Waals surface area contributed by atoms with Crippen LogP contribution in [0.3, 0.4) is 0 Å². The molecule has 0 bridgehead atoms. The van der Waals surface area contributed by atoms with Crippen LogP contribution in [0.2, 0.25) is 0 Å². The van der Waals surface area contributed by atoms with E-state index in [9.17, 15) is 39.6 Å². The number of allylic oxidation sites excluding steroid dienone is 2. The molecule has 14 atom stereocenters. The highest BCUT2D eigenvalue weighted by Gasteiger charge is 2.54. The number of hydrogen-bond acceptors (Lipinski definition) is 12. The standard InChI is InChI=1S/C46H74O12/c1-25(31-21-35-45(11,57-35)19-13-15-27(3)39(51)29(5)41(53)43(7,8)33(47)23-37(49)55-31)17-18-26(2)32-22-36-46(12,58-36)20-14-16-28(4)40(52)30(6)42(54)44(9,10)34(48)24-38(50)56-32/h17-18,27-36,39-40,47-48,51-52H,13-16,19-24H2,1-12H3/b25-17+,26-18+/t27-,28-,29-,30-,31-,32+,33+,34+,35-,36-,39-,40-,45+,46+/m0/s1. The number of cyclic esters (lactones) is 2. The highest BCUT2D eigenvalue weighted by atomic mass is 16.6. The van der Waals surface area contributed by atoms with E-state index in [0.717, 1.165) is 25.7 Å².